The van der Waals surface area contributed by atoms with Gasteiger partial charge in [-0.1, -0.05) is 24.3 Å². The van der Waals surface area contributed by atoms with Crippen molar-refractivity contribution in [3.8, 4) is 0 Å². The van der Waals surface area contributed by atoms with Gasteiger partial charge in [0.25, 0.3) is 22.1 Å². The third-order valence-corrected chi connectivity index (χ3v) is 3.21. The summed E-state index contributed by atoms with van der Waals surface area (Å²) in [7, 11) is 4.23. The predicted molar refractivity (Wildman–Crippen MR) is 63.8 cm³/mol. The summed E-state index contributed by atoms with van der Waals surface area (Å²) in [5.74, 6) is 0. The number of aromatic nitrogens is 2. The number of fused-ring (bicyclic) bond motifs is 2. The molecule has 1 heterocycles. The molecule has 2 nitrogen and oxygen atoms in total. The summed E-state index contributed by atoms with van der Waals surface area (Å²) < 4.78 is 4.48. The lowest BCUT2D eigenvalue weighted by molar-refractivity contribution is -0.658. The third kappa shape index (κ3) is 1.13. The molecular weight excluding hydrogens is 196 g/mol. The Kier molecular flexibility index (Phi) is 1.90. The Morgan fingerprint density at radius 3 is 1.06 bits per heavy atom. The summed E-state index contributed by atoms with van der Waals surface area (Å²) in [5.41, 5.74) is 5.01. The second-order valence-electron chi connectivity index (χ2n) is 4.10. The Bertz CT molecular complexity index is 570. The molecule has 0 saturated carbocycles. The number of hydrogen-bond donors (Lipinski definition) is 0. The average Bonchev–Trinajstić information content (AvgIpc) is 2.36. The van der Waals surface area contributed by atoms with E-state index in [1.807, 2.05) is 0 Å². The van der Waals surface area contributed by atoms with Crippen molar-refractivity contribution in [1.29, 1.82) is 0 Å². The fourth-order valence-electron chi connectivity index (χ4n) is 2.32. The lowest BCUT2D eigenvalue weighted by Gasteiger charge is -2.00. The maximum Gasteiger partial charge on any atom is 0.277 e. The van der Waals surface area contributed by atoms with Gasteiger partial charge in [0.15, 0.2) is 0 Å². The van der Waals surface area contributed by atoms with Crippen molar-refractivity contribution < 1.29 is 9.13 Å². The standard InChI is InChI=1S/C14H14N2/c1-15-11-7-3-5-9-13(11)16(2)14-10-6-4-8-12(14)15/h3-10H,1-2H3/q+2. The number of benzene rings is 2. The maximum absolute atomic E-state index is 2.24. The molecule has 0 unspecified atom stereocenters. The van der Waals surface area contributed by atoms with Gasteiger partial charge in [0, 0.05) is 24.3 Å². The van der Waals surface area contributed by atoms with Gasteiger partial charge < -0.3 is 0 Å². The van der Waals surface area contributed by atoms with E-state index in [0.717, 1.165) is 0 Å². The van der Waals surface area contributed by atoms with Gasteiger partial charge in [-0.3, -0.25) is 0 Å². The van der Waals surface area contributed by atoms with Gasteiger partial charge in [-0.2, -0.15) is 9.13 Å². The van der Waals surface area contributed by atoms with Crippen LogP contribution in [0.25, 0.3) is 22.1 Å². The highest BCUT2D eigenvalue weighted by atomic mass is 15.0. The predicted octanol–water partition coefficient (Wildman–Crippen LogP) is 1.64. The Labute approximate surface area is 94.4 Å². The second-order valence-corrected chi connectivity index (χ2v) is 4.10. The van der Waals surface area contributed by atoms with E-state index in [1.54, 1.807) is 0 Å². The van der Waals surface area contributed by atoms with E-state index >= 15 is 0 Å². The Balaban J connectivity index is 2.67. The molecule has 0 saturated heterocycles. The van der Waals surface area contributed by atoms with Crippen LogP contribution in [0.5, 0.6) is 0 Å². The molecule has 1 aromatic heterocycles. The molecule has 0 aliphatic carbocycles. The molecule has 78 valence electrons. The van der Waals surface area contributed by atoms with E-state index in [0.29, 0.717) is 0 Å². The van der Waals surface area contributed by atoms with E-state index in [-0.39, 0.29) is 0 Å². The maximum atomic E-state index is 2.24. The normalized spacial score (nSPS) is 11.1. The zero-order chi connectivity index (χ0) is 11.1. The minimum atomic E-state index is 1.25. The molecule has 0 bridgehead atoms. The monoisotopic (exact) mass is 210 g/mol. The molecule has 0 aliphatic rings. The molecule has 0 atom stereocenters. The first-order chi connectivity index (χ1) is 7.79. The van der Waals surface area contributed by atoms with E-state index in [9.17, 15) is 0 Å². The van der Waals surface area contributed by atoms with Crippen molar-refractivity contribution in [2.75, 3.05) is 0 Å². The molecule has 2 aromatic carbocycles. The average molecular weight is 210 g/mol. The second kappa shape index (κ2) is 3.27. The van der Waals surface area contributed by atoms with Crippen LogP contribution in [-0.2, 0) is 14.1 Å². The van der Waals surface area contributed by atoms with Crippen LogP contribution in [0.15, 0.2) is 48.5 Å². The van der Waals surface area contributed by atoms with Gasteiger partial charge in [0.1, 0.15) is 14.1 Å². The molecule has 16 heavy (non-hydrogen) atoms. The molecule has 0 radical (unpaired) electrons. The van der Waals surface area contributed by atoms with Crippen LogP contribution in [0, 0.1) is 0 Å². The minimum absolute atomic E-state index is 1.25. The topological polar surface area (TPSA) is 7.76 Å². The largest absolute Gasteiger partial charge is 0.277 e. The van der Waals surface area contributed by atoms with E-state index in [1.165, 1.54) is 22.1 Å². The highest BCUT2D eigenvalue weighted by Gasteiger charge is 2.20. The van der Waals surface area contributed by atoms with Gasteiger partial charge in [-0.15, -0.1) is 0 Å². The molecule has 3 rings (SSSR count). The van der Waals surface area contributed by atoms with Crippen LogP contribution < -0.4 is 9.13 Å². The number of aryl methyl sites for hydroxylation is 2. The Morgan fingerprint density at radius 1 is 0.562 bits per heavy atom. The van der Waals surface area contributed by atoms with Crippen LogP contribution in [0.2, 0.25) is 0 Å². The van der Waals surface area contributed by atoms with Gasteiger partial charge in [-0.25, -0.2) is 0 Å². The third-order valence-electron chi connectivity index (χ3n) is 3.21. The molecule has 0 fully saturated rings. The highest BCUT2D eigenvalue weighted by molar-refractivity contribution is 5.75. The van der Waals surface area contributed by atoms with Crippen molar-refractivity contribution in [1.82, 2.24) is 0 Å². The van der Waals surface area contributed by atoms with Gasteiger partial charge in [-0.05, 0) is 0 Å². The van der Waals surface area contributed by atoms with E-state index < -0.39 is 0 Å². The van der Waals surface area contributed by atoms with Crippen molar-refractivity contribution in [2.45, 2.75) is 0 Å². The van der Waals surface area contributed by atoms with Crippen LogP contribution in [-0.4, -0.2) is 0 Å². The highest BCUT2D eigenvalue weighted by Crippen LogP contribution is 2.10. The zero-order valence-corrected chi connectivity index (χ0v) is 9.51. The number of hydrogen-bond acceptors (Lipinski definition) is 0. The lowest BCUT2D eigenvalue weighted by atomic mass is 10.2. The molecule has 0 amide bonds. The summed E-state index contributed by atoms with van der Waals surface area (Å²) in [6, 6.07) is 16.9. The molecule has 0 aliphatic heterocycles. The number of nitrogens with zero attached hydrogens (tertiary/aromatic N) is 2. The summed E-state index contributed by atoms with van der Waals surface area (Å²) >= 11 is 0. The first-order valence-corrected chi connectivity index (χ1v) is 5.44. The van der Waals surface area contributed by atoms with Gasteiger partial charge in [0.05, 0.1) is 0 Å². The first-order valence-electron chi connectivity index (χ1n) is 5.44. The molecule has 0 spiro atoms. The smallest absolute Gasteiger partial charge is 0.184 e. The fourth-order valence-corrected chi connectivity index (χ4v) is 2.32. The lowest BCUT2D eigenvalue weighted by Crippen LogP contribution is -2.40. The number of para-hydroxylation sites is 4. The first kappa shape index (κ1) is 9.28. The summed E-state index contributed by atoms with van der Waals surface area (Å²) in [6.45, 7) is 0. The molecule has 2 heteroatoms. The molecular formula is C14H14N2+2. The van der Waals surface area contributed by atoms with Gasteiger partial charge >= 0.3 is 0 Å². The molecule has 0 N–H and O–H groups in total. The quantitative estimate of drug-likeness (QED) is 0.394. The fraction of sp³-hybridized carbons (Fsp3) is 0.143. The summed E-state index contributed by atoms with van der Waals surface area (Å²) in [6.07, 6.45) is 0. The zero-order valence-electron chi connectivity index (χ0n) is 9.51. The van der Waals surface area contributed by atoms with Crippen LogP contribution >= 0.6 is 0 Å². The summed E-state index contributed by atoms with van der Waals surface area (Å²) in [5, 5.41) is 0. The van der Waals surface area contributed by atoms with Gasteiger partial charge in [0.2, 0.25) is 0 Å². The van der Waals surface area contributed by atoms with Crippen molar-refractivity contribution in [2.24, 2.45) is 14.1 Å². The van der Waals surface area contributed by atoms with Crippen LogP contribution in [0.4, 0.5) is 0 Å². The molecule has 3 aromatic rings. The summed E-state index contributed by atoms with van der Waals surface area (Å²) in [4.78, 5) is 0. The van der Waals surface area contributed by atoms with E-state index in [2.05, 4.69) is 71.8 Å². The van der Waals surface area contributed by atoms with Crippen molar-refractivity contribution in [3.05, 3.63) is 48.5 Å². The SMILES string of the molecule is C[n+]1c2ccccc2[n+](C)c2ccccc21. The van der Waals surface area contributed by atoms with E-state index in [4.69, 9.17) is 0 Å². The van der Waals surface area contributed by atoms with Crippen LogP contribution in [0.3, 0.4) is 0 Å². The van der Waals surface area contributed by atoms with Crippen molar-refractivity contribution >= 4 is 22.1 Å². The number of rotatable bonds is 0. The van der Waals surface area contributed by atoms with Crippen LogP contribution in [0.1, 0.15) is 0 Å². The Hall–Kier alpha value is -1.96. The Morgan fingerprint density at radius 2 is 0.812 bits per heavy atom. The van der Waals surface area contributed by atoms with Crippen molar-refractivity contribution in [3.63, 3.8) is 0 Å². The minimum Gasteiger partial charge on any atom is -0.184 e.